The lowest BCUT2D eigenvalue weighted by molar-refractivity contribution is 0.0816. The highest BCUT2D eigenvalue weighted by molar-refractivity contribution is 7.99. The summed E-state index contributed by atoms with van der Waals surface area (Å²) in [7, 11) is 0. The molecule has 0 aromatic carbocycles. The van der Waals surface area contributed by atoms with Gasteiger partial charge in [0.25, 0.3) is 0 Å². The molecule has 0 saturated heterocycles. The number of aliphatic hydroxyl groups is 1. The van der Waals surface area contributed by atoms with Gasteiger partial charge in [-0.1, -0.05) is 13.8 Å². The van der Waals surface area contributed by atoms with E-state index in [-0.39, 0.29) is 6.04 Å². The zero-order chi connectivity index (χ0) is 9.61. The van der Waals surface area contributed by atoms with Crippen molar-refractivity contribution in [2.24, 2.45) is 5.73 Å². The quantitative estimate of drug-likeness (QED) is 0.670. The van der Waals surface area contributed by atoms with Crippen molar-refractivity contribution >= 4 is 11.8 Å². The molecule has 0 fully saturated rings. The molecule has 0 radical (unpaired) electrons. The van der Waals surface area contributed by atoms with Gasteiger partial charge in [0.15, 0.2) is 0 Å². The minimum absolute atomic E-state index is 0.280. The molecular weight excluding hydrogens is 170 g/mol. The summed E-state index contributed by atoms with van der Waals surface area (Å²) in [6.45, 7) is 5.96. The first-order valence-corrected chi connectivity index (χ1v) is 5.73. The Morgan fingerprint density at radius 3 is 2.50 bits per heavy atom. The highest BCUT2D eigenvalue weighted by atomic mass is 32.2. The van der Waals surface area contributed by atoms with Gasteiger partial charge in [-0.25, -0.2) is 0 Å². The van der Waals surface area contributed by atoms with E-state index in [0.29, 0.717) is 0 Å². The van der Waals surface area contributed by atoms with Crippen molar-refractivity contribution in [3.05, 3.63) is 0 Å². The maximum atomic E-state index is 9.65. The van der Waals surface area contributed by atoms with Gasteiger partial charge < -0.3 is 10.8 Å². The Bertz CT molecular complexity index is 117. The smallest absolute Gasteiger partial charge is 0.0707 e. The monoisotopic (exact) mass is 191 g/mol. The second-order valence-corrected chi connectivity index (χ2v) is 4.56. The molecule has 0 aliphatic heterocycles. The molecule has 12 heavy (non-hydrogen) atoms. The second kappa shape index (κ2) is 5.84. The molecule has 2 unspecified atom stereocenters. The Labute approximate surface area is 79.9 Å². The standard InChI is InChI=1S/C9H21NOS/c1-4-8(10)6-12-7-9(3,11)5-2/h8,11H,4-7,10H2,1-3H3. The molecule has 0 aliphatic rings. The van der Waals surface area contributed by atoms with E-state index in [4.69, 9.17) is 5.73 Å². The zero-order valence-corrected chi connectivity index (χ0v) is 9.16. The van der Waals surface area contributed by atoms with E-state index in [1.807, 2.05) is 13.8 Å². The van der Waals surface area contributed by atoms with Gasteiger partial charge in [0, 0.05) is 17.5 Å². The van der Waals surface area contributed by atoms with Gasteiger partial charge >= 0.3 is 0 Å². The van der Waals surface area contributed by atoms with Crippen molar-refractivity contribution in [1.82, 2.24) is 0 Å². The summed E-state index contributed by atoms with van der Waals surface area (Å²) in [5.74, 6) is 1.74. The summed E-state index contributed by atoms with van der Waals surface area (Å²) in [6.07, 6.45) is 1.82. The minimum atomic E-state index is -0.516. The average Bonchev–Trinajstić information content (AvgIpc) is 2.04. The van der Waals surface area contributed by atoms with E-state index in [1.54, 1.807) is 11.8 Å². The molecule has 2 nitrogen and oxygen atoms in total. The van der Waals surface area contributed by atoms with Crippen molar-refractivity contribution < 1.29 is 5.11 Å². The molecule has 0 aromatic heterocycles. The fraction of sp³-hybridized carbons (Fsp3) is 1.00. The largest absolute Gasteiger partial charge is 0.389 e. The lowest BCUT2D eigenvalue weighted by Gasteiger charge is -2.21. The molecular formula is C9H21NOS. The summed E-state index contributed by atoms with van der Waals surface area (Å²) < 4.78 is 0. The van der Waals surface area contributed by atoms with Crippen LogP contribution in [0.1, 0.15) is 33.6 Å². The van der Waals surface area contributed by atoms with Gasteiger partial charge in [-0.05, 0) is 19.8 Å². The molecule has 0 saturated carbocycles. The Kier molecular flexibility index (Phi) is 5.97. The Balaban J connectivity index is 3.42. The maximum Gasteiger partial charge on any atom is 0.0707 e. The van der Waals surface area contributed by atoms with Crippen LogP contribution in [0.4, 0.5) is 0 Å². The SMILES string of the molecule is CCC(N)CSCC(C)(O)CC. The van der Waals surface area contributed by atoms with Crippen LogP contribution in [0.25, 0.3) is 0 Å². The molecule has 3 N–H and O–H groups in total. The molecule has 0 aliphatic carbocycles. The Morgan fingerprint density at radius 2 is 2.08 bits per heavy atom. The molecule has 74 valence electrons. The first-order valence-electron chi connectivity index (χ1n) is 4.57. The third-order valence-corrected chi connectivity index (χ3v) is 3.52. The fourth-order valence-corrected chi connectivity index (χ4v) is 1.95. The summed E-state index contributed by atoms with van der Waals surface area (Å²) in [6, 6.07) is 0.280. The normalized spacial score (nSPS) is 18.8. The summed E-state index contributed by atoms with van der Waals surface area (Å²) >= 11 is 1.74. The van der Waals surface area contributed by atoms with Crippen LogP contribution < -0.4 is 5.73 Å². The predicted molar refractivity (Wildman–Crippen MR) is 56.5 cm³/mol. The molecule has 0 bridgehead atoms. The minimum Gasteiger partial charge on any atom is -0.389 e. The van der Waals surface area contributed by atoms with Gasteiger partial charge in [-0.15, -0.1) is 0 Å². The number of thioether (sulfide) groups is 1. The number of hydrogen-bond acceptors (Lipinski definition) is 3. The van der Waals surface area contributed by atoms with Gasteiger partial charge in [0.2, 0.25) is 0 Å². The predicted octanol–water partition coefficient (Wildman–Crippen LogP) is 1.62. The van der Waals surface area contributed by atoms with Crippen molar-refractivity contribution in [3.63, 3.8) is 0 Å². The molecule has 0 aromatic rings. The molecule has 2 atom stereocenters. The van der Waals surface area contributed by atoms with Crippen LogP contribution in [0.3, 0.4) is 0 Å². The topological polar surface area (TPSA) is 46.2 Å². The molecule has 0 rings (SSSR count). The van der Waals surface area contributed by atoms with Crippen LogP contribution in [0.2, 0.25) is 0 Å². The van der Waals surface area contributed by atoms with E-state index in [0.717, 1.165) is 24.3 Å². The summed E-state index contributed by atoms with van der Waals surface area (Å²) in [5, 5.41) is 9.65. The molecule has 0 amide bonds. The average molecular weight is 191 g/mol. The van der Waals surface area contributed by atoms with Crippen LogP contribution in [0.5, 0.6) is 0 Å². The van der Waals surface area contributed by atoms with Crippen LogP contribution in [-0.4, -0.2) is 28.3 Å². The van der Waals surface area contributed by atoms with Crippen LogP contribution >= 0.6 is 11.8 Å². The first-order chi connectivity index (χ1) is 5.52. The third kappa shape index (κ3) is 5.86. The van der Waals surface area contributed by atoms with Gasteiger partial charge in [0.05, 0.1) is 5.60 Å². The van der Waals surface area contributed by atoms with Crippen LogP contribution in [-0.2, 0) is 0 Å². The molecule has 0 heterocycles. The van der Waals surface area contributed by atoms with E-state index >= 15 is 0 Å². The van der Waals surface area contributed by atoms with Crippen molar-refractivity contribution in [2.75, 3.05) is 11.5 Å². The zero-order valence-electron chi connectivity index (χ0n) is 8.34. The third-order valence-electron chi connectivity index (χ3n) is 2.03. The number of nitrogens with two attached hydrogens (primary N) is 1. The Hall–Kier alpha value is 0.270. The van der Waals surface area contributed by atoms with Gasteiger partial charge in [-0.2, -0.15) is 11.8 Å². The molecule has 0 spiro atoms. The van der Waals surface area contributed by atoms with E-state index in [9.17, 15) is 5.11 Å². The van der Waals surface area contributed by atoms with E-state index < -0.39 is 5.60 Å². The Morgan fingerprint density at radius 1 is 1.50 bits per heavy atom. The fourth-order valence-electron chi connectivity index (χ4n) is 0.650. The van der Waals surface area contributed by atoms with Crippen LogP contribution in [0, 0.1) is 0 Å². The summed E-state index contributed by atoms with van der Waals surface area (Å²) in [5.41, 5.74) is 5.23. The van der Waals surface area contributed by atoms with E-state index in [2.05, 4.69) is 6.92 Å². The van der Waals surface area contributed by atoms with Crippen molar-refractivity contribution in [1.29, 1.82) is 0 Å². The number of rotatable bonds is 6. The summed E-state index contributed by atoms with van der Waals surface area (Å²) in [4.78, 5) is 0. The van der Waals surface area contributed by atoms with Gasteiger partial charge in [-0.3, -0.25) is 0 Å². The maximum absolute atomic E-state index is 9.65. The highest BCUT2D eigenvalue weighted by Crippen LogP contribution is 2.16. The highest BCUT2D eigenvalue weighted by Gasteiger charge is 2.17. The first kappa shape index (κ1) is 12.3. The van der Waals surface area contributed by atoms with Crippen molar-refractivity contribution in [3.8, 4) is 0 Å². The lowest BCUT2D eigenvalue weighted by atomic mass is 10.1. The second-order valence-electron chi connectivity index (χ2n) is 3.53. The van der Waals surface area contributed by atoms with Crippen molar-refractivity contribution in [2.45, 2.75) is 45.3 Å². The molecule has 3 heteroatoms. The van der Waals surface area contributed by atoms with Gasteiger partial charge in [0.1, 0.15) is 0 Å². The van der Waals surface area contributed by atoms with E-state index in [1.165, 1.54) is 0 Å². The van der Waals surface area contributed by atoms with Crippen LogP contribution in [0.15, 0.2) is 0 Å². The number of hydrogen-bond donors (Lipinski definition) is 2. The lowest BCUT2D eigenvalue weighted by Crippen LogP contribution is -2.28.